The first-order valence-electron chi connectivity index (χ1n) is 11.6. The Kier molecular flexibility index (Phi) is 7.08. The number of fused-ring (bicyclic) bond motifs is 3. The van der Waals surface area contributed by atoms with Crippen molar-refractivity contribution in [1.82, 2.24) is 14.5 Å². The van der Waals surface area contributed by atoms with E-state index in [1.54, 1.807) is 15.9 Å². The molecule has 10 heteroatoms. The molecule has 5 rings (SSSR count). The van der Waals surface area contributed by atoms with Crippen LogP contribution in [0.1, 0.15) is 17.4 Å². The number of benzene rings is 2. The monoisotopic (exact) mass is 524 g/mol. The number of ether oxygens (including phenoxy) is 1. The molecule has 2 aromatic heterocycles. The van der Waals surface area contributed by atoms with Crippen molar-refractivity contribution in [2.45, 2.75) is 25.0 Å². The fraction of sp³-hybridized carbons (Fsp3) is 0.269. The molecule has 1 N–H and O–H groups in total. The van der Waals surface area contributed by atoms with E-state index in [1.165, 1.54) is 36.0 Å². The molecule has 7 nitrogen and oxygen atoms in total. The van der Waals surface area contributed by atoms with E-state index < -0.39 is 0 Å². The zero-order valence-corrected chi connectivity index (χ0v) is 21.5. The van der Waals surface area contributed by atoms with Crippen molar-refractivity contribution in [3.05, 3.63) is 75.1 Å². The molecule has 0 bridgehead atoms. The van der Waals surface area contributed by atoms with Gasteiger partial charge < -0.3 is 15.0 Å². The standard InChI is InChI=1S/C26H25FN4O3S2/c1-3-34-19-10-8-18(9-11-19)31-25(33)23-20-12-13-30(2)14-21(20)36-24(23)29-26(31)35-15-22(32)28-17-6-4-16(27)5-7-17/h4-11H,3,12-15H2,1-2H3,(H,28,32). The highest BCUT2D eigenvalue weighted by atomic mass is 32.2. The average Bonchev–Trinajstić information content (AvgIpc) is 3.22. The quantitative estimate of drug-likeness (QED) is 0.279. The third-order valence-electron chi connectivity index (χ3n) is 5.90. The van der Waals surface area contributed by atoms with Crippen molar-refractivity contribution >= 4 is 44.9 Å². The highest BCUT2D eigenvalue weighted by Gasteiger charge is 2.24. The molecule has 1 aliphatic heterocycles. The van der Waals surface area contributed by atoms with Gasteiger partial charge in [0.05, 0.1) is 23.4 Å². The number of nitrogens with one attached hydrogen (secondary N) is 1. The molecule has 0 atom stereocenters. The van der Waals surface area contributed by atoms with Crippen LogP contribution in [-0.4, -0.2) is 46.3 Å². The summed E-state index contributed by atoms with van der Waals surface area (Å²) in [6.07, 6.45) is 0.804. The molecule has 0 radical (unpaired) electrons. The molecule has 1 aliphatic rings. The zero-order chi connectivity index (χ0) is 25.2. The van der Waals surface area contributed by atoms with Crippen LogP contribution in [0.2, 0.25) is 0 Å². The molecule has 0 aliphatic carbocycles. The summed E-state index contributed by atoms with van der Waals surface area (Å²) in [5, 5.41) is 3.86. The normalized spacial score (nSPS) is 13.5. The molecular formula is C26H25FN4O3S2. The Balaban J connectivity index is 1.51. The molecule has 2 aromatic carbocycles. The number of thiophene rings is 1. The van der Waals surface area contributed by atoms with Crippen molar-refractivity contribution in [2.24, 2.45) is 0 Å². The van der Waals surface area contributed by atoms with E-state index in [1.807, 2.05) is 31.2 Å². The molecule has 4 aromatic rings. The SMILES string of the molecule is CCOc1ccc(-n2c(SCC(=O)Nc3ccc(F)cc3)nc3sc4c(c3c2=O)CCN(C)C4)cc1. The number of amides is 1. The number of carbonyl (C=O) groups excluding carboxylic acids is 1. The average molecular weight is 525 g/mol. The lowest BCUT2D eigenvalue weighted by Gasteiger charge is -2.21. The minimum Gasteiger partial charge on any atom is -0.494 e. The highest BCUT2D eigenvalue weighted by Crippen LogP contribution is 2.34. The lowest BCUT2D eigenvalue weighted by molar-refractivity contribution is -0.113. The molecule has 36 heavy (non-hydrogen) atoms. The largest absolute Gasteiger partial charge is 0.494 e. The summed E-state index contributed by atoms with van der Waals surface area (Å²) in [6, 6.07) is 12.9. The van der Waals surface area contributed by atoms with Gasteiger partial charge in [-0.15, -0.1) is 11.3 Å². The van der Waals surface area contributed by atoms with Gasteiger partial charge in [0.2, 0.25) is 5.91 Å². The van der Waals surface area contributed by atoms with Crippen LogP contribution in [0.25, 0.3) is 15.9 Å². The Bertz CT molecular complexity index is 1470. The first-order valence-corrected chi connectivity index (χ1v) is 13.4. The minimum absolute atomic E-state index is 0.0418. The Morgan fingerprint density at radius 1 is 1.19 bits per heavy atom. The first kappa shape index (κ1) is 24.5. The molecule has 0 fully saturated rings. The number of hydrogen-bond acceptors (Lipinski definition) is 7. The van der Waals surface area contributed by atoms with Crippen LogP contribution in [0.15, 0.2) is 58.5 Å². The predicted molar refractivity (Wildman–Crippen MR) is 142 cm³/mol. The number of nitrogens with zero attached hydrogens (tertiary/aromatic N) is 3. The van der Waals surface area contributed by atoms with E-state index in [0.717, 1.165) is 30.0 Å². The summed E-state index contributed by atoms with van der Waals surface area (Å²) in [7, 11) is 2.07. The molecule has 0 spiro atoms. The molecule has 186 valence electrons. The molecule has 3 heterocycles. The maximum absolute atomic E-state index is 13.9. The van der Waals surface area contributed by atoms with E-state index >= 15 is 0 Å². The van der Waals surface area contributed by atoms with Crippen molar-refractivity contribution in [1.29, 1.82) is 0 Å². The minimum atomic E-state index is -0.371. The number of thioether (sulfide) groups is 1. The van der Waals surface area contributed by atoms with Crippen molar-refractivity contribution < 1.29 is 13.9 Å². The van der Waals surface area contributed by atoms with E-state index in [0.29, 0.717) is 39.1 Å². The van der Waals surface area contributed by atoms with Gasteiger partial charge in [-0.3, -0.25) is 14.2 Å². The van der Waals surface area contributed by atoms with E-state index in [2.05, 4.69) is 17.3 Å². The number of likely N-dealkylation sites (N-methyl/N-ethyl adjacent to an activating group) is 1. The fourth-order valence-electron chi connectivity index (χ4n) is 4.19. The van der Waals surface area contributed by atoms with Gasteiger partial charge in [-0.25, -0.2) is 9.37 Å². The Morgan fingerprint density at radius 3 is 2.67 bits per heavy atom. The summed E-state index contributed by atoms with van der Waals surface area (Å²) in [4.78, 5) is 35.5. The predicted octanol–water partition coefficient (Wildman–Crippen LogP) is 4.70. The van der Waals surface area contributed by atoms with Gasteiger partial charge in [0, 0.05) is 23.7 Å². The van der Waals surface area contributed by atoms with Crippen LogP contribution in [0.4, 0.5) is 10.1 Å². The number of anilines is 1. The summed E-state index contributed by atoms with van der Waals surface area (Å²) in [5.74, 6) is 0.114. The molecular weight excluding hydrogens is 499 g/mol. The van der Waals surface area contributed by atoms with Crippen LogP contribution in [0.5, 0.6) is 5.75 Å². The Labute approximate surface area is 215 Å². The number of rotatable bonds is 7. The lowest BCUT2D eigenvalue weighted by atomic mass is 10.1. The summed E-state index contributed by atoms with van der Waals surface area (Å²) < 4.78 is 20.3. The van der Waals surface area contributed by atoms with Gasteiger partial charge in [-0.1, -0.05) is 11.8 Å². The third kappa shape index (κ3) is 5.02. The van der Waals surface area contributed by atoms with Gasteiger partial charge in [-0.2, -0.15) is 0 Å². The highest BCUT2D eigenvalue weighted by molar-refractivity contribution is 7.99. The maximum atomic E-state index is 13.9. The van der Waals surface area contributed by atoms with Gasteiger partial charge in [0.1, 0.15) is 16.4 Å². The van der Waals surface area contributed by atoms with Crippen LogP contribution in [-0.2, 0) is 17.8 Å². The van der Waals surface area contributed by atoms with E-state index in [4.69, 9.17) is 9.72 Å². The third-order valence-corrected chi connectivity index (χ3v) is 7.95. The first-order chi connectivity index (χ1) is 17.4. The Morgan fingerprint density at radius 2 is 1.94 bits per heavy atom. The van der Waals surface area contributed by atoms with Crippen molar-refractivity contribution in [3.8, 4) is 11.4 Å². The van der Waals surface area contributed by atoms with Crippen LogP contribution in [0, 0.1) is 5.82 Å². The van der Waals surface area contributed by atoms with Crippen LogP contribution in [0.3, 0.4) is 0 Å². The van der Waals surface area contributed by atoms with E-state index in [9.17, 15) is 14.0 Å². The molecule has 1 amide bonds. The van der Waals surface area contributed by atoms with Gasteiger partial charge in [-0.05, 0) is 74.5 Å². The number of halogens is 1. The number of aromatic nitrogens is 2. The molecule has 0 saturated carbocycles. The van der Waals surface area contributed by atoms with Crippen LogP contribution < -0.4 is 15.6 Å². The fourth-order valence-corrected chi connectivity index (χ4v) is 6.35. The zero-order valence-electron chi connectivity index (χ0n) is 19.9. The topological polar surface area (TPSA) is 76.5 Å². The van der Waals surface area contributed by atoms with Crippen molar-refractivity contribution in [2.75, 3.05) is 31.3 Å². The second kappa shape index (κ2) is 10.4. The summed E-state index contributed by atoms with van der Waals surface area (Å²) >= 11 is 2.74. The molecule has 0 saturated heterocycles. The van der Waals surface area contributed by atoms with E-state index in [-0.39, 0.29) is 23.0 Å². The second-order valence-corrected chi connectivity index (χ2v) is 10.5. The van der Waals surface area contributed by atoms with Gasteiger partial charge >= 0.3 is 0 Å². The molecule has 0 unspecified atom stereocenters. The lowest BCUT2D eigenvalue weighted by Crippen LogP contribution is -2.27. The number of hydrogen-bond donors (Lipinski definition) is 1. The summed E-state index contributed by atoms with van der Waals surface area (Å²) in [6.45, 7) is 4.15. The maximum Gasteiger partial charge on any atom is 0.267 e. The summed E-state index contributed by atoms with van der Waals surface area (Å²) in [5.41, 5.74) is 2.11. The van der Waals surface area contributed by atoms with Crippen molar-refractivity contribution in [3.63, 3.8) is 0 Å². The van der Waals surface area contributed by atoms with Crippen LogP contribution >= 0.6 is 23.1 Å². The Hall–Kier alpha value is -3.21. The second-order valence-electron chi connectivity index (χ2n) is 8.48. The smallest absolute Gasteiger partial charge is 0.267 e. The van der Waals surface area contributed by atoms with Gasteiger partial charge in [0.15, 0.2) is 5.16 Å². The van der Waals surface area contributed by atoms with Gasteiger partial charge in [0.25, 0.3) is 5.56 Å². The number of carbonyl (C=O) groups is 1.